The highest BCUT2D eigenvalue weighted by atomic mass is 16.2. The monoisotopic (exact) mass is 191 g/mol. The molecule has 1 aliphatic rings. The van der Waals surface area contributed by atoms with E-state index in [0.29, 0.717) is 0 Å². The Bertz CT molecular complexity index is 325. The molecule has 1 saturated heterocycles. The summed E-state index contributed by atoms with van der Waals surface area (Å²) in [7, 11) is 0. The van der Waals surface area contributed by atoms with E-state index in [4.69, 9.17) is 0 Å². The number of nitrogens with one attached hydrogen (secondary N) is 1. The summed E-state index contributed by atoms with van der Waals surface area (Å²) in [5.74, 6) is 0. The lowest BCUT2D eigenvalue weighted by Gasteiger charge is -2.22. The van der Waals surface area contributed by atoms with Crippen molar-refractivity contribution >= 4 is 6.03 Å². The summed E-state index contributed by atoms with van der Waals surface area (Å²) in [6, 6.07) is 4.03. The third kappa shape index (κ3) is 1.55. The van der Waals surface area contributed by atoms with Crippen LogP contribution in [0, 0.1) is 0 Å². The fourth-order valence-corrected chi connectivity index (χ4v) is 1.68. The van der Waals surface area contributed by atoms with Gasteiger partial charge in [-0.05, 0) is 24.6 Å². The van der Waals surface area contributed by atoms with Gasteiger partial charge >= 0.3 is 6.03 Å². The topological polar surface area (TPSA) is 45.2 Å². The van der Waals surface area contributed by atoms with Crippen LogP contribution in [0.2, 0.25) is 0 Å². The molecule has 0 bridgehead atoms. The van der Waals surface area contributed by atoms with Crippen LogP contribution in [0.3, 0.4) is 0 Å². The van der Waals surface area contributed by atoms with E-state index < -0.39 is 0 Å². The zero-order valence-electron chi connectivity index (χ0n) is 8.10. The van der Waals surface area contributed by atoms with Gasteiger partial charge in [0.05, 0.1) is 6.04 Å². The smallest absolute Gasteiger partial charge is 0.318 e. The molecule has 1 aromatic heterocycles. The van der Waals surface area contributed by atoms with E-state index in [-0.39, 0.29) is 12.1 Å². The van der Waals surface area contributed by atoms with Crippen LogP contribution in [0.4, 0.5) is 4.79 Å². The Morgan fingerprint density at radius 1 is 1.50 bits per heavy atom. The fraction of sp³-hybridized carbons (Fsp3) is 0.400. The number of pyridine rings is 1. The van der Waals surface area contributed by atoms with Crippen molar-refractivity contribution in [2.24, 2.45) is 0 Å². The molecule has 0 aromatic carbocycles. The average Bonchev–Trinajstić information content (AvgIpc) is 2.65. The Labute approximate surface area is 82.9 Å². The molecule has 1 N–H and O–H groups in total. The second-order valence-corrected chi connectivity index (χ2v) is 3.38. The Hall–Kier alpha value is -1.58. The molecule has 1 fully saturated rings. The normalized spacial score (nSPS) is 18.1. The predicted octanol–water partition coefficient (Wildman–Crippen LogP) is 1.17. The van der Waals surface area contributed by atoms with Gasteiger partial charge in [0.1, 0.15) is 0 Å². The Kier molecular flexibility index (Phi) is 2.35. The molecule has 1 atom stereocenters. The maximum atomic E-state index is 11.4. The van der Waals surface area contributed by atoms with E-state index >= 15 is 0 Å². The number of carbonyl (C=O) groups excluding carboxylic acids is 1. The van der Waals surface area contributed by atoms with Gasteiger partial charge in [0.25, 0.3) is 0 Å². The summed E-state index contributed by atoms with van der Waals surface area (Å²) in [5, 5.41) is 2.79. The molecule has 4 heteroatoms. The van der Waals surface area contributed by atoms with E-state index in [1.807, 2.05) is 24.0 Å². The summed E-state index contributed by atoms with van der Waals surface area (Å²) in [4.78, 5) is 17.2. The quantitative estimate of drug-likeness (QED) is 0.762. The first-order valence-electron chi connectivity index (χ1n) is 4.73. The van der Waals surface area contributed by atoms with E-state index in [1.165, 1.54) is 0 Å². The third-order valence-corrected chi connectivity index (χ3v) is 2.55. The van der Waals surface area contributed by atoms with Crippen LogP contribution in [0.25, 0.3) is 0 Å². The van der Waals surface area contributed by atoms with Gasteiger partial charge in [-0.3, -0.25) is 4.98 Å². The number of nitrogens with zero attached hydrogens (tertiary/aromatic N) is 2. The number of amides is 2. The van der Waals surface area contributed by atoms with Crippen molar-refractivity contribution in [3.8, 4) is 0 Å². The minimum absolute atomic E-state index is 0.0225. The van der Waals surface area contributed by atoms with Crippen LogP contribution in [0.5, 0.6) is 0 Å². The summed E-state index contributed by atoms with van der Waals surface area (Å²) >= 11 is 0. The van der Waals surface area contributed by atoms with Crippen LogP contribution in [-0.4, -0.2) is 29.0 Å². The lowest BCUT2D eigenvalue weighted by Crippen LogP contribution is -2.30. The zero-order chi connectivity index (χ0) is 9.97. The molecule has 0 radical (unpaired) electrons. The lowest BCUT2D eigenvalue weighted by atomic mass is 10.1. The molecule has 2 amide bonds. The standard InChI is InChI=1S/C10H13N3O/c1-8(9-2-4-11-5-3-9)13-7-6-12-10(13)14/h2-5,8H,6-7H2,1H3,(H,12,14). The maximum Gasteiger partial charge on any atom is 0.318 e. The maximum absolute atomic E-state index is 11.4. The van der Waals surface area contributed by atoms with E-state index in [2.05, 4.69) is 10.3 Å². The average molecular weight is 191 g/mol. The molecule has 0 saturated carbocycles. The minimum atomic E-state index is 0.0225. The number of hydrogen-bond acceptors (Lipinski definition) is 2. The Morgan fingerprint density at radius 3 is 2.79 bits per heavy atom. The first-order chi connectivity index (χ1) is 6.79. The fourth-order valence-electron chi connectivity index (χ4n) is 1.68. The summed E-state index contributed by atoms with van der Waals surface area (Å²) in [6.45, 7) is 3.55. The highest BCUT2D eigenvalue weighted by Gasteiger charge is 2.25. The summed E-state index contributed by atoms with van der Waals surface area (Å²) < 4.78 is 0. The summed E-state index contributed by atoms with van der Waals surface area (Å²) in [5.41, 5.74) is 1.12. The number of carbonyl (C=O) groups is 1. The van der Waals surface area contributed by atoms with Crippen LogP contribution in [0.15, 0.2) is 24.5 Å². The van der Waals surface area contributed by atoms with Gasteiger partial charge < -0.3 is 10.2 Å². The zero-order valence-corrected chi connectivity index (χ0v) is 8.10. The molecular weight excluding hydrogens is 178 g/mol. The lowest BCUT2D eigenvalue weighted by molar-refractivity contribution is 0.202. The van der Waals surface area contributed by atoms with E-state index in [9.17, 15) is 4.79 Å². The predicted molar refractivity (Wildman–Crippen MR) is 52.8 cm³/mol. The van der Waals surface area contributed by atoms with Crippen molar-refractivity contribution in [3.05, 3.63) is 30.1 Å². The van der Waals surface area contributed by atoms with Gasteiger partial charge in [-0.1, -0.05) is 0 Å². The molecule has 14 heavy (non-hydrogen) atoms. The molecule has 0 spiro atoms. The second kappa shape index (κ2) is 3.65. The van der Waals surface area contributed by atoms with Gasteiger partial charge in [0.2, 0.25) is 0 Å². The Morgan fingerprint density at radius 2 is 2.21 bits per heavy atom. The SMILES string of the molecule is CC(c1ccncc1)N1CCNC1=O. The van der Waals surface area contributed by atoms with Gasteiger partial charge in [-0.25, -0.2) is 4.79 Å². The van der Waals surface area contributed by atoms with Crippen LogP contribution >= 0.6 is 0 Å². The van der Waals surface area contributed by atoms with E-state index in [0.717, 1.165) is 18.7 Å². The second-order valence-electron chi connectivity index (χ2n) is 3.38. The molecule has 1 unspecified atom stereocenters. The first-order valence-corrected chi connectivity index (χ1v) is 4.73. The summed E-state index contributed by atoms with van der Waals surface area (Å²) in [6.07, 6.45) is 3.50. The largest absolute Gasteiger partial charge is 0.336 e. The number of aromatic nitrogens is 1. The van der Waals surface area contributed by atoms with Crippen molar-refractivity contribution in [1.82, 2.24) is 15.2 Å². The number of urea groups is 1. The van der Waals surface area contributed by atoms with Crippen molar-refractivity contribution < 1.29 is 4.79 Å². The van der Waals surface area contributed by atoms with E-state index in [1.54, 1.807) is 12.4 Å². The number of rotatable bonds is 2. The highest BCUT2D eigenvalue weighted by Crippen LogP contribution is 2.20. The first kappa shape index (κ1) is 8.99. The van der Waals surface area contributed by atoms with Crippen LogP contribution in [0.1, 0.15) is 18.5 Å². The Balaban J connectivity index is 2.16. The molecule has 2 rings (SSSR count). The van der Waals surface area contributed by atoms with Crippen molar-refractivity contribution in [1.29, 1.82) is 0 Å². The van der Waals surface area contributed by atoms with Gasteiger partial charge in [-0.2, -0.15) is 0 Å². The third-order valence-electron chi connectivity index (χ3n) is 2.55. The van der Waals surface area contributed by atoms with Crippen molar-refractivity contribution in [3.63, 3.8) is 0 Å². The molecule has 0 aliphatic carbocycles. The molecule has 4 nitrogen and oxygen atoms in total. The molecule has 2 heterocycles. The van der Waals surface area contributed by atoms with Gasteiger partial charge in [0.15, 0.2) is 0 Å². The molecule has 1 aromatic rings. The molecule has 1 aliphatic heterocycles. The molecular formula is C10H13N3O. The van der Waals surface area contributed by atoms with Gasteiger partial charge in [-0.15, -0.1) is 0 Å². The van der Waals surface area contributed by atoms with Crippen molar-refractivity contribution in [2.75, 3.05) is 13.1 Å². The highest BCUT2D eigenvalue weighted by molar-refractivity contribution is 5.76. The van der Waals surface area contributed by atoms with Crippen molar-refractivity contribution in [2.45, 2.75) is 13.0 Å². The van der Waals surface area contributed by atoms with Gasteiger partial charge in [0, 0.05) is 25.5 Å². The van der Waals surface area contributed by atoms with Crippen LogP contribution < -0.4 is 5.32 Å². The van der Waals surface area contributed by atoms with Crippen LogP contribution in [-0.2, 0) is 0 Å². The minimum Gasteiger partial charge on any atom is -0.336 e. The molecule has 74 valence electrons. The number of hydrogen-bond donors (Lipinski definition) is 1.